The second kappa shape index (κ2) is 7.45. The zero-order valence-electron chi connectivity index (χ0n) is 13.3. The maximum atomic E-state index is 13.3. The molecule has 25 heavy (non-hydrogen) atoms. The first-order chi connectivity index (χ1) is 12.1. The van der Waals surface area contributed by atoms with Crippen molar-refractivity contribution in [3.8, 4) is 0 Å². The Balaban J connectivity index is 1.94. The molecule has 0 aliphatic heterocycles. The molecule has 9 heteroatoms. The largest absolute Gasteiger partial charge is 0.409 e. The van der Waals surface area contributed by atoms with E-state index >= 15 is 0 Å². The lowest BCUT2D eigenvalue weighted by atomic mass is 10.2. The van der Waals surface area contributed by atoms with Crippen molar-refractivity contribution < 1.29 is 9.60 Å². The van der Waals surface area contributed by atoms with E-state index in [2.05, 4.69) is 30.7 Å². The summed E-state index contributed by atoms with van der Waals surface area (Å²) in [4.78, 5) is 11.8. The molecule has 0 saturated carbocycles. The normalized spacial score (nSPS) is 11.9. The molecule has 2 heterocycles. The van der Waals surface area contributed by atoms with Gasteiger partial charge >= 0.3 is 0 Å². The van der Waals surface area contributed by atoms with Gasteiger partial charge in [-0.1, -0.05) is 23.7 Å². The molecular weight excluding hydrogens is 347 g/mol. The van der Waals surface area contributed by atoms with Crippen molar-refractivity contribution >= 4 is 34.3 Å². The fourth-order valence-corrected chi connectivity index (χ4v) is 2.52. The van der Waals surface area contributed by atoms with Gasteiger partial charge in [-0.05, 0) is 30.8 Å². The number of benzene rings is 1. The van der Waals surface area contributed by atoms with Gasteiger partial charge in [-0.15, -0.1) is 0 Å². The van der Waals surface area contributed by atoms with Gasteiger partial charge in [0.25, 0.3) is 0 Å². The monoisotopic (exact) mass is 362 g/mol. The number of aromatic nitrogens is 3. The van der Waals surface area contributed by atoms with Crippen LogP contribution in [-0.4, -0.2) is 32.5 Å². The number of rotatable bonds is 5. The van der Waals surface area contributed by atoms with Gasteiger partial charge in [-0.3, -0.25) is 0 Å². The molecule has 0 bridgehead atoms. The maximum Gasteiger partial charge on any atom is 0.179 e. The Morgan fingerprint density at radius 3 is 2.96 bits per heavy atom. The van der Waals surface area contributed by atoms with Crippen molar-refractivity contribution in [2.75, 3.05) is 11.9 Å². The molecule has 0 aliphatic carbocycles. The zero-order chi connectivity index (χ0) is 17.8. The minimum absolute atomic E-state index is 0.0309. The molecule has 3 rings (SSSR count). The van der Waals surface area contributed by atoms with Gasteiger partial charge < -0.3 is 20.8 Å². The Morgan fingerprint density at radius 2 is 2.24 bits per heavy atom. The van der Waals surface area contributed by atoms with Crippen LogP contribution < -0.4 is 10.6 Å². The predicted octanol–water partition coefficient (Wildman–Crippen LogP) is 3.11. The van der Waals surface area contributed by atoms with Crippen LogP contribution in [-0.2, 0) is 6.54 Å². The lowest BCUT2D eigenvalue weighted by Gasteiger charge is -2.09. The molecule has 2 aromatic heterocycles. The van der Waals surface area contributed by atoms with Crippen molar-refractivity contribution in [1.29, 1.82) is 0 Å². The average molecular weight is 363 g/mol. The Hall–Kier alpha value is -2.71. The zero-order valence-corrected chi connectivity index (χ0v) is 14.1. The molecule has 130 valence electrons. The lowest BCUT2D eigenvalue weighted by molar-refractivity contribution is 0.319. The highest BCUT2D eigenvalue weighted by atomic mass is 35.5. The van der Waals surface area contributed by atoms with E-state index in [0.717, 1.165) is 12.4 Å². The third kappa shape index (κ3) is 3.70. The number of nitrogens with zero attached hydrogens (tertiary/aromatic N) is 3. The first-order valence-electron chi connectivity index (χ1n) is 7.61. The molecule has 0 atom stereocenters. The number of hydrogen-bond acceptors (Lipinski definition) is 5. The molecule has 7 nitrogen and oxygen atoms in total. The number of imidazole rings is 1. The molecule has 0 saturated heterocycles. The Morgan fingerprint density at radius 1 is 1.40 bits per heavy atom. The highest BCUT2D eigenvalue weighted by Gasteiger charge is 2.14. The lowest BCUT2D eigenvalue weighted by Crippen LogP contribution is -2.15. The number of H-pyrrole nitrogens is 1. The average Bonchev–Trinajstić information content (AvgIpc) is 3.04. The van der Waals surface area contributed by atoms with Gasteiger partial charge in [0, 0.05) is 17.4 Å². The minimum atomic E-state index is -0.525. The summed E-state index contributed by atoms with van der Waals surface area (Å²) in [5.41, 5.74) is 2.19. The third-order valence-electron chi connectivity index (χ3n) is 3.52. The SMILES string of the molecule is CCNCc1nc2nccc(/C(=N/O)Nc3ccc(F)c(Cl)c3)c2[nH]1. The summed E-state index contributed by atoms with van der Waals surface area (Å²) in [6, 6.07) is 5.82. The molecule has 0 unspecified atom stereocenters. The molecule has 1 aromatic carbocycles. The van der Waals surface area contributed by atoms with E-state index in [1.165, 1.54) is 18.2 Å². The van der Waals surface area contributed by atoms with Crippen LogP contribution in [0.2, 0.25) is 5.02 Å². The molecule has 0 spiro atoms. The standard InChI is InChI=1S/C16H16ClFN6O/c1-2-19-8-13-22-14-10(5-6-20-16(14)23-13)15(24-25)21-9-3-4-12(18)11(17)7-9/h3-7,19,25H,2,8H2,1H3,(H,21,24)(H,20,22,23). The van der Waals surface area contributed by atoms with Gasteiger partial charge in [-0.25, -0.2) is 14.4 Å². The fourth-order valence-electron chi connectivity index (χ4n) is 2.34. The first-order valence-corrected chi connectivity index (χ1v) is 7.99. The molecule has 3 aromatic rings. The van der Waals surface area contributed by atoms with Gasteiger partial charge in [0.15, 0.2) is 11.5 Å². The van der Waals surface area contributed by atoms with Crippen molar-refractivity contribution in [3.63, 3.8) is 0 Å². The molecule has 0 radical (unpaired) electrons. The summed E-state index contributed by atoms with van der Waals surface area (Å²) in [6.45, 7) is 3.38. The van der Waals surface area contributed by atoms with Crippen LogP contribution in [0, 0.1) is 5.82 Å². The Bertz CT molecular complexity index is 926. The molecule has 0 fully saturated rings. The summed E-state index contributed by atoms with van der Waals surface area (Å²) < 4.78 is 13.3. The minimum Gasteiger partial charge on any atom is -0.409 e. The highest BCUT2D eigenvalue weighted by Crippen LogP contribution is 2.21. The Kier molecular flexibility index (Phi) is 5.11. The number of halogens is 2. The predicted molar refractivity (Wildman–Crippen MR) is 94.6 cm³/mol. The van der Waals surface area contributed by atoms with Crippen molar-refractivity contribution in [3.05, 3.63) is 52.7 Å². The van der Waals surface area contributed by atoms with Crippen LogP contribution in [0.4, 0.5) is 10.1 Å². The number of pyridine rings is 1. The van der Waals surface area contributed by atoms with Crippen LogP contribution in [0.25, 0.3) is 11.2 Å². The summed E-state index contributed by atoms with van der Waals surface area (Å²) in [7, 11) is 0. The van der Waals surface area contributed by atoms with E-state index in [1.807, 2.05) is 6.92 Å². The van der Waals surface area contributed by atoms with E-state index in [0.29, 0.717) is 29.0 Å². The number of anilines is 1. The van der Waals surface area contributed by atoms with E-state index in [1.54, 1.807) is 12.3 Å². The van der Waals surface area contributed by atoms with E-state index in [-0.39, 0.29) is 10.9 Å². The molecule has 0 aliphatic rings. The van der Waals surface area contributed by atoms with Crippen LogP contribution in [0.15, 0.2) is 35.6 Å². The van der Waals surface area contributed by atoms with Crippen molar-refractivity contribution in [2.45, 2.75) is 13.5 Å². The quantitative estimate of drug-likeness (QED) is 0.242. The summed E-state index contributed by atoms with van der Waals surface area (Å²) in [5, 5.41) is 18.8. The van der Waals surface area contributed by atoms with Crippen LogP contribution in [0.5, 0.6) is 0 Å². The van der Waals surface area contributed by atoms with Crippen molar-refractivity contribution in [1.82, 2.24) is 20.3 Å². The van der Waals surface area contributed by atoms with Crippen LogP contribution >= 0.6 is 11.6 Å². The van der Waals surface area contributed by atoms with E-state index < -0.39 is 5.82 Å². The van der Waals surface area contributed by atoms with Gasteiger partial charge in [0.1, 0.15) is 11.6 Å². The van der Waals surface area contributed by atoms with Gasteiger partial charge in [0.05, 0.1) is 17.1 Å². The second-order valence-corrected chi connectivity index (χ2v) is 5.63. The maximum absolute atomic E-state index is 13.3. The highest BCUT2D eigenvalue weighted by molar-refractivity contribution is 6.31. The number of oxime groups is 1. The second-order valence-electron chi connectivity index (χ2n) is 5.22. The molecule has 0 amide bonds. The Labute approximate surface area is 147 Å². The number of amidine groups is 1. The van der Waals surface area contributed by atoms with Gasteiger partial charge in [0.2, 0.25) is 0 Å². The van der Waals surface area contributed by atoms with Crippen molar-refractivity contribution in [2.24, 2.45) is 5.16 Å². The van der Waals surface area contributed by atoms with Gasteiger partial charge in [-0.2, -0.15) is 0 Å². The molecule has 4 N–H and O–H groups in total. The van der Waals surface area contributed by atoms with E-state index in [4.69, 9.17) is 11.6 Å². The summed E-state index contributed by atoms with van der Waals surface area (Å²) in [5.74, 6) is 0.357. The third-order valence-corrected chi connectivity index (χ3v) is 3.81. The fraction of sp³-hybridized carbons (Fsp3) is 0.188. The topological polar surface area (TPSA) is 98.2 Å². The first kappa shape index (κ1) is 17.1. The van der Waals surface area contributed by atoms with E-state index in [9.17, 15) is 9.60 Å². The number of fused-ring (bicyclic) bond motifs is 1. The van der Waals surface area contributed by atoms with Crippen LogP contribution in [0.3, 0.4) is 0 Å². The smallest absolute Gasteiger partial charge is 0.179 e. The molecular formula is C16H16ClFN6O. The summed E-state index contributed by atoms with van der Waals surface area (Å²) >= 11 is 5.78. The number of aromatic amines is 1. The number of hydrogen-bond donors (Lipinski definition) is 4. The summed E-state index contributed by atoms with van der Waals surface area (Å²) in [6.07, 6.45) is 1.57. The number of nitrogens with one attached hydrogen (secondary N) is 3. The van der Waals surface area contributed by atoms with Crippen LogP contribution in [0.1, 0.15) is 18.3 Å².